The molecule has 0 spiro atoms. The molecule has 0 unspecified atom stereocenters. The molecular formula is C23H26F2N6O2. The molecule has 0 N–H and O–H groups in total. The topological polar surface area (TPSA) is 91.6 Å². The second-order valence-corrected chi connectivity index (χ2v) is 7.43. The highest BCUT2D eigenvalue weighted by Gasteiger charge is 2.28. The summed E-state index contributed by atoms with van der Waals surface area (Å²) in [6.07, 6.45) is 5.25. The number of halogens is 2. The lowest BCUT2D eigenvalue weighted by Crippen LogP contribution is -2.22. The lowest BCUT2D eigenvalue weighted by Gasteiger charge is -2.01. The van der Waals surface area contributed by atoms with Crippen molar-refractivity contribution < 1.29 is 13.3 Å². The van der Waals surface area contributed by atoms with Crippen LogP contribution < -0.4 is 5.56 Å². The fourth-order valence-corrected chi connectivity index (χ4v) is 3.01. The van der Waals surface area contributed by atoms with E-state index >= 15 is 0 Å². The first-order chi connectivity index (χ1) is 15.8. The van der Waals surface area contributed by atoms with Crippen molar-refractivity contribution in [3.63, 3.8) is 0 Å². The van der Waals surface area contributed by atoms with Gasteiger partial charge >= 0.3 is 0 Å². The number of imidazole rings is 1. The second kappa shape index (κ2) is 10.3. The van der Waals surface area contributed by atoms with E-state index in [1.165, 1.54) is 23.0 Å². The monoisotopic (exact) mass is 456 g/mol. The van der Waals surface area contributed by atoms with Gasteiger partial charge in [0.2, 0.25) is 5.89 Å². The molecule has 0 bridgehead atoms. The number of allylic oxidation sites excluding steroid dienone is 1. The van der Waals surface area contributed by atoms with Gasteiger partial charge in [-0.15, -0.1) is 0 Å². The highest BCUT2D eigenvalue weighted by Crippen LogP contribution is 2.38. The SMILES string of the molecule is C=C(C)c1ccc(F)cc1F.CC.Cn1cnc2ncn(Cc3nc(C4CC4)no3)c(=O)c21. The first-order valence-electron chi connectivity index (χ1n) is 10.6. The molecule has 33 heavy (non-hydrogen) atoms. The molecule has 1 fully saturated rings. The Morgan fingerprint density at radius 1 is 1.21 bits per heavy atom. The number of aromatic nitrogens is 6. The summed E-state index contributed by atoms with van der Waals surface area (Å²) in [4.78, 5) is 24.9. The molecule has 10 heteroatoms. The molecule has 3 heterocycles. The summed E-state index contributed by atoms with van der Waals surface area (Å²) in [5.41, 5.74) is 1.71. The quantitative estimate of drug-likeness (QED) is 0.450. The van der Waals surface area contributed by atoms with Crippen molar-refractivity contribution in [2.45, 2.75) is 46.1 Å². The van der Waals surface area contributed by atoms with Crippen LogP contribution in [0.15, 0.2) is 46.8 Å². The predicted octanol–water partition coefficient (Wildman–Crippen LogP) is 4.46. The van der Waals surface area contributed by atoms with Crippen molar-refractivity contribution in [2.75, 3.05) is 0 Å². The molecule has 1 aliphatic carbocycles. The minimum atomic E-state index is -0.562. The molecule has 0 aliphatic heterocycles. The van der Waals surface area contributed by atoms with E-state index in [0.717, 1.165) is 24.7 Å². The van der Waals surface area contributed by atoms with Gasteiger partial charge in [-0.25, -0.2) is 18.7 Å². The molecule has 1 aliphatic rings. The third-order valence-electron chi connectivity index (χ3n) is 4.82. The molecule has 1 saturated carbocycles. The van der Waals surface area contributed by atoms with E-state index in [2.05, 4.69) is 26.7 Å². The zero-order chi connectivity index (χ0) is 24.1. The Kier molecular flexibility index (Phi) is 7.47. The van der Waals surface area contributed by atoms with Gasteiger partial charge in [-0.05, 0) is 37.5 Å². The van der Waals surface area contributed by atoms with Crippen LogP contribution in [-0.4, -0.2) is 29.2 Å². The van der Waals surface area contributed by atoms with Crippen molar-refractivity contribution in [1.82, 2.24) is 29.2 Å². The van der Waals surface area contributed by atoms with E-state index in [1.807, 2.05) is 13.8 Å². The highest BCUT2D eigenvalue weighted by molar-refractivity contribution is 5.68. The molecule has 3 aromatic heterocycles. The van der Waals surface area contributed by atoms with Gasteiger partial charge in [0.15, 0.2) is 17.0 Å². The highest BCUT2D eigenvalue weighted by atomic mass is 19.1. The van der Waals surface area contributed by atoms with Crippen LogP contribution in [0.3, 0.4) is 0 Å². The molecule has 1 aromatic carbocycles. The fraction of sp³-hybridized carbons (Fsp3) is 0.348. The van der Waals surface area contributed by atoms with Gasteiger partial charge in [-0.3, -0.25) is 9.36 Å². The minimum Gasteiger partial charge on any atom is -0.337 e. The lowest BCUT2D eigenvalue weighted by molar-refractivity contribution is 0.364. The lowest BCUT2D eigenvalue weighted by atomic mass is 10.1. The Labute approximate surface area is 189 Å². The molecule has 0 amide bonds. The maximum Gasteiger partial charge on any atom is 0.280 e. The van der Waals surface area contributed by atoms with Gasteiger partial charge in [0, 0.05) is 24.6 Å². The summed E-state index contributed by atoms with van der Waals surface area (Å²) in [5.74, 6) is 0.479. The van der Waals surface area contributed by atoms with Crippen LogP contribution in [0.1, 0.15) is 56.8 Å². The first kappa shape index (κ1) is 24.0. The van der Waals surface area contributed by atoms with Crippen LogP contribution in [0.2, 0.25) is 0 Å². The van der Waals surface area contributed by atoms with Crippen molar-refractivity contribution >= 4 is 16.7 Å². The summed E-state index contributed by atoms with van der Waals surface area (Å²) < 4.78 is 33.4. The maximum absolute atomic E-state index is 12.8. The first-order valence-corrected chi connectivity index (χ1v) is 10.6. The Bertz CT molecular complexity index is 1320. The van der Waals surface area contributed by atoms with Gasteiger partial charge in [0.05, 0.1) is 6.33 Å². The number of hydrogen-bond acceptors (Lipinski definition) is 6. The number of nitrogens with zero attached hydrogens (tertiary/aromatic N) is 6. The third-order valence-corrected chi connectivity index (χ3v) is 4.82. The van der Waals surface area contributed by atoms with E-state index in [1.54, 1.807) is 24.9 Å². The van der Waals surface area contributed by atoms with Crippen LogP contribution >= 0.6 is 0 Å². The second-order valence-electron chi connectivity index (χ2n) is 7.43. The largest absolute Gasteiger partial charge is 0.337 e. The Morgan fingerprint density at radius 3 is 2.55 bits per heavy atom. The van der Waals surface area contributed by atoms with E-state index < -0.39 is 11.6 Å². The standard InChI is InChI=1S/C12H12N6O2.C9H8F2.C2H6/c1-17-5-13-11-9(17)12(19)18(6-14-11)4-8-15-10(16-20-8)7-2-3-7;1-6(2)8-4-3-7(10)5-9(8)11;1-2/h5-7H,2-4H2,1H3;3-5H,1H2,2H3;1-2H3. The van der Waals surface area contributed by atoms with Crippen molar-refractivity contribution in [1.29, 1.82) is 0 Å². The average Bonchev–Trinajstić information content (AvgIpc) is 3.42. The number of hydrogen-bond donors (Lipinski definition) is 0. The summed E-state index contributed by atoms with van der Waals surface area (Å²) in [6.45, 7) is 9.46. The van der Waals surface area contributed by atoms with Crippen LogP contribution in [0.4, 0.5) is 8.78 Å². The third kappa shape index (κ3) is 5.57. The van der Waals surface area contributed by atoms with E-state index in [9.17, 15) is 13.6 Å². The average molecular weight is 456 g/mol. The molecule has 4 aromatic rings. The molecule has 0 saturated heterocycles. The predicted molar refractivity (Wildman–Crippen MR) is 121 cm³/mol. The van der Waals surface area contributed by atoms with Crippen LogP contribution in [0.5, 0.6) is 0 Å². The van der Waals surface area contributed by atoms with Crippen molar-refractivity contribution in [3.05, 3.63) is 76.7 Å². The van der Waals surface area contributed by atoms with Gasteiger partial charge in [-0.2, -0.15) is 4.98 Å². The van der Waals surface area contributed by atoms with Crippen molar-refractivity contribution in [2.24, 2.45) is 7.05 Å². The zero-order valence-electron chi connectivity index (χ0n) is 19.0. The Morgan fingerprint density at radius 2 is 1.91 bits per heavy atom. The molecular weight excluding hydrogens is 430 g/mol. The molecule has 174 valence electrons. The van der Waals surface area contributed by atoms with Gasteiger partial charge in [0.1, 0.15) is 24.5 Å². The number of fused-ring (bicyclic) bond motifs is 1. The van der Waals surface area contributed by atoms with Gasteiger partial charge in [0.25, 0.3) is 5.56 Å². The Balaban J connectivity index is 0.000000201. The molecule has 5 rings (SSSR count). The molecule has 0 atom stereocenters. The van der Waals surface area contributed by atoms with E-state index in [-0.39, 0.29) is 12.1 Å². The normalized spacial score (nSPS) is 12.5. The van der Waals surface area contributed by atoms with Crippen LogP contribution in [0, 0.1) is 11.6 Å². The summed E-state index contributed by atoms with van der Waals surface area (Å²) in [6, 6.07) is 3.45. The maximum atomic E-state index is 12.8. The smallest absolute Gasteiger partial charge is 0.280 e. The van der Waals surface area contributed by atoms with Crippen molar-refractivity contribution in [3.8, 4) is 0 Å². The van der Waals surface area contributed by atoms with Gasteiger partial charge < -0.3 is 9.09 Å². The fourth-order valence-electron chi connectivity index (χ4n) is 3.01. The van der Waals surface area contributed by atoms with Gasteiger partial charge in [-0.1, -0.05) is 25.6 Å². The van der Waals surface area contributed by atoms with E-state index in [4.69, 9.17) is 4.52 Å². The number of aryl methyl sites for hydroxylation is 1. The minimum absolute atomic E-state index is 0.166. The Hall–Kier alpha value is -3.69. The van der Waals surface area contributed by atoms with E-state index in [0.29, 0.717) is 34.1 Å². The summed E-state index contributed by atoms with van der Waals surface area (Å²) in [7, 11) is 1.76. The number of rotatable bonds is 4. The zero-order valence-corrected chi connectivity index (χ0v) is 19.0. The number of benzene rings is 1. The van der Waals surface area contributed by atoms with Crippen LogP contribution in [-0.2, 0) is 13.6 Å². The summed E-state index contributed by atoms with van der Waals surface area (Å²) >= 11 is 0. The summed E-state index contributed by atoms with van der Waals surface area (Å²) in [5, 5.41) is 3.93. The molecule has 0 radical (unpaired) electrons. The van der Waals surface area contributed by atoms with Crippen LogP contribution in [0.25, 0.3) is 16.7 Å². The molecule has 8 nitrogen and oxygen atoms in total.